The fourth-order valence-corrected chi connectivity index (χ4v) is 1.46. The van der Waals surface area contributed by atoms with Crippen LogP contribution in [0.25, 0.3) is 5.65 Å². The van der Waals surface area contributed by atoms with Crippen LogP contribution in [-0.4, -0.2) is 20.5 Å². The Morgan fingerprint density at radius 3 is 3.00 bits per heavy atom. The maximum Gasteiger partial charge on any atom is 0.352 e. The third-order valence-corrected chi connectivity index (χ3v) is 2.25. The molecule has 0 saturated heterocycles. The highest BCUT2D eigenvalue weighted by Gasteiger charge is 2.09. The largest absolute Gasteiger partial charge is 0.477 e. The molecule has 0 radical (unpaired) electrons. The lowest BCUT2D eigenvalue weighted by atomic mass is 10.3. The molecular weight excluding hydrogens is 200 g/mol. The molecule has 72 valence electrons. The fourth-order valence-electron chi connectivity index (χ4n) is 1.31. The van der Waals surface area contributed by atoms with Gasteiger partial charge in [-0.3, -0.25) is 4.40 Å². The second-order valence-corrected chi connectivity index (χ2v) is 3.15. The van der Waals surface area contributed by atoms with E-state index in [4.69, 9.17) is 5.11 Å². The quantitative estimate of drug-likeness (QED) is 0.735. The van der Waals surface area contributed by atoms with Crippen LogP contribution in [0, 0.1) is 0 Å². The summed E-state index contributed by atoms with van der Waals surface area (Å²) in [7, 11) is 0. The monoisotopic (exact) mass is 208 g/mol. The summed E-state index contributed by atoms with van der Waals surface area (Å²) in [5.41, 5.74) is 1.61. The lowest BCUT2D eigenvalue weighted by Crippen LogP contribution is -2.03. The van der Waals surface area contributed by atoms with Gasteiger partial charge in [0.05, 0.1) is 5.69 Å². The molecule has 0 aliphatic carbocycles. The van der Waals surface area contributed by atoms with Gasteiger partial charge >= 0.3 is 5.97 Å². The average Bonchev–Trinajstić information content (AvgIpc) is 2.59. The summed E-state index contributed by atoms with van der Waals surface area (Å²) in [4.78, 5) is 15.0. The van der Waals surface area contributed by atoms with Crippen molar-refractivity contribution in [1.29, 1.82) is 0 Å². The molecule has 0 fully saturated rings. The summed E-state index contributed by atoms with van der Waals surface area (Å²) in [6.45, 7) is 0. The second kappa shape index (κ2) is 3.34. The van der Waals surface area contributed by atoms with Gasteiger partial charge in [-0.05, 0) is 12.1 Å². The van der Waals surface area contributed by atoms with Crippen LogP contribution in [-0.2, 0) is 5.75 Å². The number of fused-ring (bicyclic) bond motifs is 1. The van der Waals surface area contributed by atoms with Crippen molar-refractivity contribution in [2.45, 2.75) is 5.75 Å². The Bertz CT molecular complexity index is 493. The molecule has 0 saturated carbocycles. The number of hydrogen-bond donors (Lipinski definition) is 2. The van der Waals surface area contributed by atoms with Crippen molar-refractivity contribution in [3.05, 3.63) is 35.8 Å². The molecule has 0 aliphatic heterocycles. The third kappa shape index (κ3) is 1.35. The number of aromatic carboxylic acids is 1. The molecule has 5 heteroatoms. The van der Waals surface area contributed by atoms with E-state index in [1.807, 2.05) is 0 Å². The number of hydrogen-bond acceptors (Lipinski definition) is 3. The summed E-state index contributed by atoms with van der Waals surface area (Å²) in [6.07, 6.45) is 1.69. The number of pyridine rings is 1. The fraction of sp³-hybridized carbons (Fsp3) is 0.111. The Morgan fingerprint density at radius 2 is 2.36 bits per heavy atom. The molecule has 4 nitrogen and oxygen atoms in total. The number of thiol groups is 1. The van der Waals surface area contributed by atoms with E-state index in [9.17, 15) is 4.79 Å². The Hall–Kier alpha value is -1.49. The van der Waals surface area contributed by atoms with E-state index in [0.29, 0.717) is 11.4 Å². The molecule has 0 amide bonds. The average molecular weight is 208 g/mol. The molecule has 2 rings (SSSR count). The van der Waals surface area contributed by atoms with E-state index in [1.165, 1.54) is 0 Å². The van der Waals surface area contributed by atoms with Gasteiger partial charge in [-0.15, -0.1) is 0 Å². The van der Waals surface area contributed by atoms with E-state index in [0.717, 1.165) is 5.69 Å². The molecule has 0 bridgehead atoms. The van der Waals surface area contributed by atoms with E-state index in [1.54, 1.807) is 28.8 Å². The van der Waals surface area contributed by atoms with Crippen LogP contribution < -0.4 is 0 Å². The first-order valence-electron chi connectivity index (χ1n) is 4.03. The summed E-state index contributed by atoms with van der Waals surface area (Å²) in [5.74, 6) is -0.459. The smallest absolute Gasteiger partial charge is 0.352 e. The van der Waals surface area contributed by atoms with Gasteiger partial charge in [0.15, 0.2) is 0 Å². The van der Waals surface area contributed by atoms with Crippen molar-refractivity contribution in [3.63, 3.8) is 0 Å². The predicted molar refractivity (Wildman–Crippen MR) is 54.8 cm³/mol. The van der Waals surface area contributed by atoms with Gasteiger partial charge in [0, 0.05) is 11.9 Å². The van der Waals surface area contributed by atoms with Crippen molar-refractivity contribution >= 4 is 24.2 Å². The van der Waals surface area contributed by atoms with Crippen molar-refractivity contribution in [2.75, 3.05) is 0 Å². The molecule has 0 aromatic carbocycles. The van der Waals surface area contributed by atoms with Gasteiger partial charge in [-0.25, -0.2) is 9.78 Å². The number of imidazole rings is 1. The minimum absolute atomic E-state index is 0.211. The van der Waals surface area contributed by atoms with E-state index < -0.39 is 5.97 Å². The zero-order chi connectivity index (χ0) is 10.1. The standard InChI is InChI=1S/C9H8N2O2S/c12-9(13)7-2-1-3-8-10-6(5-14)4-11(7)8/h1-4,14H,5H2,(H,12,13). The van der Waals surface area contributed by atoms with Crippen LogP contribution >= 0.6 is 12.6 Å². The SMILES string of the molecule is O=C(O)c1cccc2nc(CS)cn12. The molecule has 0 unspecified atom stereocenters. The first-order valence-corrected chi connectivity index (χ1v) is 4.67. The Balaban J connectivity index is 2.73. The number of carbonyl (C=O) groups is 1. The summed E-state index contributed by atoms with van der Waals surface area (Å²) >= 11 is 4.08. The van der Waals surface area contributed by atoms with E-state index in [-0.39, 0.29) is 5.69 Å². The van der Waals surface area contributed by atoms with E-state index >= 15 is 0 Å². The normalized spacial score (nSPS) is 10.6. The highest BCUT2D eigenvalue weighted by atomic mass is 32.1. The maximum absolute atomic E-state index is 10.8. The predicted octanol–water partition coefficient (Wildman–Crippen LogP) is 1.46. The number of aromatic nitrogens is 2. The molecule has 0 atom stereocenters. The highest BCUT2D eigenvalue weighted by molar-refractivity contribution is 7.79. The topological polar surface area (TPSA) is 54.6 Å². The van der Waals surface area contributed by atoms with Crippen molar-refractivity contribution in [1.82, 2.24) is 9.38 Å². The van der Waals surface area contributed by atoms with Crippen LogP contribution in [0.15, 0.2) is 24.4 Å². The molecule has 0 aliphatic rings. The van der Waals surface area contributed by atoms with E-state index in [2.05, 4.69) is 17.6 Å². The van der Waals surface area contributed by atoms with Crippen LogP contribution in [0.2, 0.25) is 0 Å². The zero-order valence-corrected chi connectivity index (χ0v) is 8.11. The van der Waals surface area contributed by atoms with Gasteiger partial charge in [-0.2, -0.15) is 12.6 Å². The summed E-state index contributed by atoms with van der Waals surface area (Å²) < 4.78 is 1.55. The minimum Gasteiger partial charge on any atom is -0.477 e. The summed E-state index contributed by atoms with van der Waals surface area (Å²) in [6, 6.07) is 4.98. The number of carboxylic acids is 1. The summed E-state index contributed by atoms with van der Waals surface area (Å²) in [5, 5.41) is 8.90. The van der Waals surface area contributed by atoms with Gasteiger partial charge in [0.1, 0.15) is 11.3 Å². The number of nitrogens with zero attached hydrogens (tertiary/aromatic N) is 2. The molecule has 2 aromatic heterocycles. The van der Waals surface area contributed by atoms with Crippen LogP contribution in [0.4, 0.5) is 0 Å². The van der Waals surface area contributed by atoms with Gasteiger partial charge < -0.3 is 5.11 Å². The Kier molecular flexibility index (Phi) is 2.17. The molecule has 2 heterocycles. The minimum atomic E-state index is -0.960. The Labute approximate surface area is 85.6 Å². The molecular formula is C9H8N2O2S. The first-order chi connectivity index (χ1) is 6.72. The van der Waals surface area contributed by atoms with Crippen LogP contribution in [0.3, 0.4) is 0 Å². The first kappa shape index (κ1) is 9.08. The van der Waals surface area contributed by atoms with Gasteiger partial charge in [0.2, 0.25) is 0 Å². The lowest BCUT2D eigenvalue weighted by Gasteiger charge is -1.97. The molecule has 1 N–H and O–H groups in total. The highest BCUT2D eigenvalue weighted by Crippen LogP contribution is 2.10. The van der Waals surface area contributed by atoms with Crippen molar-refractivity contribution < 1.29 is 9.90 Å². The van der Waals surface area contributed by atoms with Crippen LogP contribution in [0.1, 0.15) is 16.2 Å². The molecule has 2 aromatic rings. The maximum atomic E-state index is 10.8. The Morgan fingerprint density at radius 1 is 1.57 bits per heavy atom. The van der Waals surface area contributed by atoms with Crippen molar-refractivity contribution in [2.24, 2.45) is 0 Å². The molecule has 0 spiro atoms. The van der Waals surface area contributed by atoms with Gasteiger partial charge in [-0.1, -0.05) is 6.07 Å². The van der Waals surface area contributed by atoms with Crippen molar-refractivity contribution in [3.8, 4) is 0 Å². The van der Waals surface area contributed by atoms with Crippen LogP contribution in [0.5, 0.6) is 0 Å². The third-order valence-electron chi connectivity index (χ3n) is 1.92. The number of rotatable bonds is 2. The number of carboxylic acid groups (broad SMARTS) is 1. The zero-order valence-electron chi connectivity index (χ0n) is 7.21. The second-order valence-electron chi connectivity index (χ2n) is 2.83. The van der Waals surface area contributed by atoms with Gasteiger partial charge in [0.25, 0.3) is 0 Å². The lowest BCUT2D eigenvalue weighted by molar-refractivity contribution is 0.0689. The molecule has 14 heavy (non-hydrogen) atoms.